The van der Waals surface area contributed by atoms with E-state index in [0.29, 0.717) is 29.8 Å². The number of carbonyl (C=O) groups is 1. The smallest absolute Gasteiger partial charge is 0.224 e. The highest BCUT2D eigenvalue weighted by Gasteiger charge is 2.11. The van der Waals surface area contributed by atoms with E-state index in [2.05, 4.69) is 15.3 Å². The summed E-state index contributed by atoms with van der Waals surface area (Å²) >= 11 is 6.07. The van der Waals surface area contributed by atoms with Crippen LogP contribution in [0.15, 0.2) is 0 Å². The predicted molar refractivity (Wildman–Crippen MR) is 82.2 cm³/mol. The number of anilines is 1. The number of carbonyl (C=O) groups excluding carboxylic acids is 1. The molecule has 0 fully saturated rings. The third kappa shape index (κ3) is 4.34. The standard InChI is InChI=1S/C14H23ClN4O/c1-5-11-17-13(15)10(4)14(18-11)16-9-8-12(20)19(6-2)7-3/h5-9H2,1-4H3,(H,16,17,18). The number of hydrogen-bond acceptors (Lipinski definition) is 4. The molecule has 0 bridgehead atoms. The van der Waals surface area contributed by atoms with E-state index in [1.807, 2.05) is 32.6 Å². The van der Waals surface area contributed by atoms with Crippen LogP contribution in [0, 0.1) is 6.92 Å². The summed E-state index contributed by atoms with van der Waals surface area (Å²) in [5.41, 5.74) is 0.819. The number of halogens is 1. The first kappa shape index (κ1) is 16.7. The molecule has 0 saturated heterocycles. The molecule has 0 aliphatic heterocycles. The van der Waals surface area contributed by atoms with Crippen molar-refractivity contribution >= 4 is 23.3 Å². The third-order valence-electron chi connectivity index (χ3n) is 3.20. The summed E-state index contributed by atoms with van der Waals surface area (Å²) in [4.78, 5) is 22.3. The van der Waals surface area contributed by atoms with Gasteiger partial charge in [-0.1, -0.05) is 18.5 Å². The van der Waals surface area contributed by atoms with E-state index < -0.39 is 0 Å². The summed E-state index contributed by atoms with van der Waals surface area (Å²) < 4.78 is 0. The summed E-state index contributed by atoms with van der Waals surface area (Å²) in [5, 5.41) is 3.65. The molecular formula is C14H23ClN4O. The number of aromatic nitrogens is 2. The highest BCUT2D eigenvalue weighted by molar-refractivity contribution is 6.30. The molecule has 0 unspecified atom stereocenters. The average molecular weight is 299 g/mol. The second-order valence-electron chi connectivity index (χ2n) is 4.50. The first-order valence-electron chi connectivity index (χ1n) is 7.08. The lowest BCUT2D eigenvalue weighted by molar-refractivity contribution is -0.130. The third-order valence-corrected chi connectivity index (χ3v) is 3.56. The molecule has 1 heterocycles. The van der Waals surface area contributed by atoms with E-state index in [1.165, 1.54) is 0 Å². The van der Waals surface area contributed by atoms with Gasteiger partial charge in [-0.15, -0.1) is 0 Å². The van der Waals surface area contributed by atoms with Crippen molar-refractivity contribution in [3.8, 4) is 0 Å². The van der Waals surface area contributed by atoms with Gasteiger partial charge in [-0.2, -0.15) is 0 Å². The Morgan fingerprint density at radius 3 is 2.45 bits per heavy atom. The molecule has 0 aromatic carbocycles. The van der Waals surface area contributed by atoms with Gasteiger partial charge in [0.15, 0.2) is 0 Å². The molecule has 0 radical (unpaired) electrons. The summed E-state index contributed by atoms with van der Waals surface area (Å²) in [7, 11) is 0. The van der Waals surface area contributed by atoms with Gasteiger partial charge in [-0.3, -0.25) is 4.79 Å². The molecule has 1 aromatic heterocycles. The molecule has 0 aliphatic rings. The summed E-state index contributed by atoms with van der Waals surface area (Å²) in [6.45, 7) is 9.85. The fourth-order valence-electron chi connectivity index (χ4n) is 1.89. The van der Waals surface area contributed by atoms with Crippen molar-refractivity contribution in [2.45, 2.75) is 40.5 Å². The van der Waals surface area contributed by atoms with Crippen LogP contribution >= 0.6 is 11.6 Å². The van der Waals surface area contributed by atoms with E-state index in [1.54, 1.807) is 0 Å². The quantitative estimate of drug-likeness (QED) is 0.786. The Morgan fingerprint density at radius 1 is 1.25 bits per heavy atom. The molecule has 6 heteroatoms. The molecule has 1 N–H and O–H groups in total. The van der Waals surface area contributed by atoms with Gasteiger partial charge in [0.25, 0.3) is 0 Å². The van der Waals surface area contributed by atoms with E-state index in [4.69, 9.17) is 11.6 Å². The lowest BCUT2D eigenvalue weighted by Crippen LogP contribution is -2.31. The zero-order chi connectivity index (χ0) is 15.1. The van der Waals surface area contributed by atoms with Gasteiger partial charge in [-0.25, -0.2) is 9.97 Å². The van der Waals surface area contributed by atoms with Crippen LogP contribution in [0.4, 0.5) is 5.82 Å². The number of rotatable bonds is 7. The van der Waals surface area contributed by atoms with Crippen LogP contribution in [0.3, 0.4) is 0 Å². The number of nitrogens with one attached hydrogen (secondary N) is 1. The molecule has 0 spiro atoms. The summed E-state index contributed by atoms with van der Waals surface area (Å²) in [5.74, 6) is 1.57. The van der Waals surface area contributed by atoms with Crippen LogP contribution < -0.4 is 5.32 Å². The molecular weight excluding hydrogens is 276 g/mol. The van der Waals surface area contributed by atoms with E-state index in [9.17, 15) is 4.79 Å². The van der Waals surface area contributed by atoms with Gasteiger partial charge in [0.05, 0.1) is 0 Å². The first-order valence-corrected chi connectivity index (χ1v) is 7.45. The van der Waals surface area contributed by atoms with Crippen molar-refractivity contribution in [3.63, 3.8) is 0 Å². The fourth-order valence-corrected chi connectivity index (χ4v) is 2.07. The van der Waals surface area contributed by atoms with E-state index in [0.717, 1.165) is 25.1 Å². The van der Waals surface area contributed by atoms with Gasteiger partial charge in [-0.05, 0) is 20.8 Å². The van der Waals surface area contributed by atoms with Crippen molar-refractivity contribution in [2.75, 3.05) is 25.0 Å². The van der Waals surface area contributed by atoms with Crippen LogP contribution in [-0.2, 0) is 11.2 Å². The van der Waals surface area contributed by atoms with Crippen molar-refractivity contribution < 1.29 is 4.79 Å². The van der Waals surface area contributed by atoms with Gasteiger partial charge in [0.1, 0.15) is 16.8 Å². The Labute approximate surface area is 125 Å². The number of aryl methyl sites for hydroxylation is 1. The zero-order valence-corrected chi connectivity index (χ0v) is 13.4. The lowest BCUT2D eigenvalue weighted by atomic mass is 10.3. The van der Waals surface area contributed by atoms with Crippen molar-refractivity contribution in [1.82, 2.24) is 14.9 Å². The monoisotopic (exact) mass is 298 g/mol. The lowest BCUT2D eigenvalue weighted by Gasteiger charge is -2.19. The second-order valence-corrected chi connectivity index (χ2v) is 4.86. The maximum atomic E-state index is 11.9. The normalized spacial score (nSPS) is 10.4. The van der Waals surface area contributed by atoms with Crippen LogP contribution in [0.25, 0.3) is 0 Å². The molecule has 5 nitrogen and oxygen atoms in total. The Kier molecular flexibility index (Phi) is 6.71. The molecule has 1 rings (SSSR count). The van der Waals surface area contributed by atoms with Crippen LogP contribution in [0.1, 0.15) is 38.6 Å². The molecule has 20 heavy (non-hydrogen) atoms. The number of amides is 1. The fraction of sp³-hybridized carbons (Fsp3) is 0.643. The predicted octanol–water partition coefficient (Wildman–Crippen LogP) is 2.67. The minimum atomic E-state index is 0.149. The zero-order valence-electron chi connectivity index (χ0n) is 12.7. The first-order chi connectivity index (χ1) is 9.53. The molecule has 0 aliphatic carbocycles. The summed E-state index contributed by atoms with van der Waals surface area (Å²) in [6, 6.07) is 0. The average Bonchev–Trinajstić information content (AvgIpc) is 2.44. The number of hydrogen-bond donors (Lipinski definition) is 1. The van der Waals surface area contributed by atoms with Crippen LogP contribution in [0.2, 0.25) is 5.15 Å². The van der Waals surface area contributed by atoms with Gasteiger partial charge >= 0.3 is 0 Å². The Morgan fingerprint density at radius 2 is 1.90 bits per heavy atom. The Balaban J connectivity index is 2.62. The Bertz CT molecular complexity index is 461. The van der Waals surface area contributed by atoms with Crippen molar-refractivity contribution in [3.05, 3.63) is 16.5 Å². The summed E-state index contributed by atoms with van der Waals surface area (Å²) in [6.07, 6.45) is 1.18. The topological polar surface area (TPSA) is 58.1 Å². The molecule has 112 valence electrons. The van der Waals surface area contributed by atoms with E-state index >= 15 is 0 Å². The van der Waals surface area contributed by atoms with Crippen LogP contribution in [-0.4, -0.2) is 40.4 Å². The maximum absolute atomic E-state index is 11.9. The highest BCUT2D eigenvalue weighted by atomic mass is 35.5. The molecule has 1 amide bonds. The van der Waals surface area contributed by atoms with Gasteiger partial charge < -0.3 is 10.2 Å². The molecule has 1 aromatic rings. The maximum Gasteiger partial charge on any atom is 0.224 e. The highest BCUT2D eigenvalue weighted by Crippen LogP contribution is 2.19. The van der Waals surface area contributed by atoms with Crippen molar-refractivity contribution in [2.24, 2.45) is 0 Å². The minimum Gasteiger partial charge on any atom is -0.369 e. The SMILES string of the molecule is CCc1nc(Cl)c(C)c(NCCC(=O)N(CC)CC)n1. The van der Waals surface area contributed by atoms with Gasteiger partial charge in [0.2, 0.25) is 5.91 Å². The Hall–Kier alpha value is -1.36. The van der Waals surface area contributed by atoms with Crippen LogP contribution in [0.5, 0.6) is 0 Å². The van der Waals surface area contributed by atoms with Crippen molar-refractivity contribution in [1.29, 1.82) is 0 Å². The largest absolute Gasteiger partial charge is 0.369 e. The van der Waals surface area contributed by atoms with E-state index in [-0.39, 0.29) is 5.91 Å². The van der Waals surface area contributed by atoms with Gasteiger partial charge in [0, 0.05) is 38.0 Å². The molecule has 0 saturated carbocycles. The minimum absolute atomic E-state index is 0.149. The molecule has 0 atom stereocenters. The second kappa shape index (κ2) is 8.04. The number of nitrogens with zero attached hydrogens (tertiary/aromatic N) is 3.